The highest BCUT2D eigenvalue weighted by molar-refractivity contribution is 9.10. The van der Waals surface area contributed by atoms with Gasteiger partial charge in [-0.3, -0.25) is 4.79 Å². The molecule has 0 aliphatic rings. The topological polar surface area (TPSA) is 29.1 Å². The molecule has 0 saturated carbocycles. The van der Waals surface area contributed by atoms with Crippen LogP contribution in [-0.2, 0) is 6.42 Å². The van der Waals surface area contributed by atoms with Gasteiger partial charge < -0.3 is 5.32 Å². The summed E-state index contributed by atoms with van der Waals surface area (Å²) in [5, 5.41) is 3.92. The number of carbonyl (C=O) groups excluding carboxylic acids is 1. The molecule has 1 N–H and O–H groups in total. The Morgan fingerprint density at radius 1 is 1.10 bits per heavy atom. The van der Waals surface area contributed by atoms with Crippen molar-refractivity contribution in [3.05, 3.63) is 64.1 Å². The monoisotopic (exact) mass is 395 g/mol. The SMILES string of the molecule is O=C(Nc1cccc(CCCBr)c1)c1ccccc1Br. The highest BCUT2D eigenvalue weighted by Crippen LogP contribution is 2.19. The van der Waals surface area contributed by atoms with Crippen LogP contribution in [0.1, 0.15) is 22.3 Å². The third-order valence-electron chi connectivity index (χ3n) is 2.90. The Balaban J connectivity index is 2.10. The maximum Gasteiger partial charge on any atom is 0.256 e. The van der Waals surface area contributed by atoms with Gasteiger partial charge in [0, 0.05) is 15.5 Å². The summed E-state index contributed by atoms with van der Waals surface area (Å²) in [6.45, 7) is 0. The molecule has 0 aliphatic carbocycles. The average Bonchev–Trinajstić information content (AvgIpc) is 2.46. The average molecular weight is 397 g/mol. The lowest BCUT2D eigenvalue weighted by Crippen LogP contribution is -2.12. The molecule has 2 aromatic carbocycles. The molecular weight excluding hydrogens is 382 g/mol. The van der Waals surface area contributed by atoms with E-state index >= 15 is 0 Å². The molecule has 0 bridgehead atoms. The minimum absolute atomic E-state index is 0.102. The molecule has 1 amide bonds. The lowest BCUT2D eigenvalue weighted by atomic mass is 10.1. The Bertz CT molecular complexity index is 599. The second-order valence-corrected chi connectivity index (χ2v) is 6.07. The van der Waals surface area contributed by atoms with Crippen molar-refractivity contribution in [3.63, 3.8) is 0 Å². The van der Waals surface area contributed by atoms with E-state index in [4.69, 9.17) is 0 Å². The van der Waals surface area contributed by atoms with E-state index in [1.54, 1.807) is 6.07 Å². The summed E-state index contributed by atoms with van der Waals surface area (Å²) in [5.41, 5.74) is 2.70. The van der Waals surface area contributed by atoms with Gasteiger partial charge in [0.1, 0.15) is 0 Å². The Morgan fingerprint density at radius 3 is 2.65 bits per heavy atom. The number of alkyl halides is 1. The second kappa shape index (κ2) is 7.60. The van der Waals surface area contributed by atoms with Gasteiger partial charge in [0.05, 0.1) is 5.56 Å². The lowest BCUT2D eigenvalue weighted by Gasteiger charge is -2.08. The molecule has 104 valence electrons. The maximum atomic E-state index is 12.2. The summed E-state index contributed by atoms with van der Waals surface area (Å²) in [4.78, 5) is 12.2. The summed E-state index contributed by atoms with van der Waals surface area (Å²) in [6.07, 6.45) is 2.09. The van der Waals surface area contributed by atoms with Crippen molar-refractivity contribution in [2.24, 2.45) is 0 Å². The van der Waals surface area contributed by atoms with Gasteiger partial charge in [-0.25, -0.2) is 0 Å². The van der Waals surface area contributed by atoms with E-state index in [9.17, 15) is 4.79 Å². The summed E-state index contributed by atoms with van der Waals surface area (Å²) < 4.78 is 0.799. The Morgan fingerprint density at radius 2 is 1.90 bits per heavy atom. The molecule has 0 atom stereocenters. The van der Waals surface area contributed by atoms with Gasteiger partial charge >= 0.3 is 0 Å². The van der Waals surface area contributed by atoms with Crippen molar-refractivity contribution in [1.82, 2.24) is 0 Å². The quantitative estimate of drug-likeness (QED) is 0.705. The van der Waals surface area contributed by atoms with E-state index in [2.05, 4.69) is 43.2 Å². The number of anilines is 1. The second-order valence-electron chi connectivity index (χ2n) is 4.43. The van der Waals surface area contributed by atoms with Crippen LogP contribution in [0.4, 0.5) is 5.69 Å². The number of aryl methyl sites for hydroxylation is 1. The lowest BCUT2D eigenvalue weighted by molar-refractivity contribution is 0.102. The van der Waals surface area contributed by atoms with Crippen LogP contribution >= 0.6 is 31.9 Å². The first-order valence-electron chi connectivity index (χ1n) is 6.41. The Labute approximate surface area is 135 Å². The van der Waals surface area contributed by atoms with E-state index in [0.717, 1.165) is 28.3 Å². The van der Waals surface area contributed by atoms with Crippen molar-refractivity contribution in [2.75, 3.05) is 10.6 Å². The minimum Gasteiger partial charge on any atom is -0.322 e. The van der Waals surface area contributed by atoms with Crippen LogP contribution in [0, 0.1) is 0 Å². The summed E-state index contributed by atoms with van der Waals surface area (Å²) in [6, 6.07) is 15.4. The highest BCUT2D eigenvalue weighted by Gasteiger charge is 2.09. The van der Waals surface area contributed by atoms with E-state index in [0.29, 0.717) is 5.56 Å². The first-order valence-corrected chi connectivity index (χ1v) is 8.33. The molecule has 0 heterocycles. The fraction of sp³-hybridized carbons (Fsp3) is 0.188. The molecule has 0 aliphatic heterocycles. The predicted molar refractivity (Wildman–Crippen MR) is 90.7 cm³/mol. The van der Waals surface area contributed by atoms with Gasteiger partial charge in [-0.15, -0.1) is 0 Å². The fourth-order valence-corrected chi connectivity index (χ4v) is 2.66. The van der Waals surface area contributed by atoms with Crippen molar-refractivity contribution in [2.45, 2.75) is 12.8 Å². The molecule has 0 radical (unpaired) electrons. The minimum atomic E-state index is -0.102. The van der Waals surface area contributed by atoms with Crippen molar-refractivity contribution in [3.8, 4) is 0 Å². The molecule has 0 fully saturated rings. The number of hydrogen-bond donors (Lipinski definition) is 1. The zero-order valence-corrected chi connectivity index (χ0v) is 14.1. The van der Waals surface area contributed by atoms with E-state index in [1.807, 2.05) is 36.4 Å². The first kappa shape index (κ1) is 15.3. The third kappa shape index (κ3) is 4.18. The summed E-state index contributed by atoms with van der Waals surface area (Å²) in [5.74, 6) is -0.102. The Hall–Kier alpha value is -1.13. The highest BCUT2D eigenvalue weighted by atomic mass is 79.9. The van der Waals surface area contributed by atoms with Crippen LogP contribution in [-0.4, -0.2) is 11.2 Å². The summed E-state index contributed by atoms with van der Waals surface area (Å²) >= 11 is 6.82. The molecule has 2 rings (SSSR count). The number of amides is 1. The molecule has 4 heteroatoms. The summed E-state index contributed by atoms with van der Waals surface area (Å²) in [7, 11) is 0. The number of carbonyl (C=O) groups is 1. The van der Waals surface area contributed by atoms with Gasteiger partial charge in [0.2, 0.25) is 0 Å². The molecule has 20 heavy (non-hydrogen) atoms. The van der Waals surface area contributed by atoms with Crippen molar-refractivity contribution >= 4 is 43.5 Å². The number of benzene rings is 2. The molecular formula is C16H15Br2NO. The van der Waals surface area contributed by atoms with Crippen LogP contribution < -0.4 is 5.32 Å². The van der Waals surface area contributed by atoms with Crippen LogP contribution in [0.3, 0.4) is 0 Å². The van der Waals surface area contributed by atoms with E-state index < -0.39 is 0 Å². The number of halogens is 2. The molecule has 0 unspecified atom stereocenters. The number of rotatable bonds is 5. The van der Waals surface area contributed by atoms with Gasteiger partial charge in [-0.1, -0.05) is 40.2 Å². The van der Waals surface area contributed by atoms with Crippen LogP contribution in [0.2, 0.25) is 0 Å². The standard InChI is InChI=1S/C16H15Br2NO/c17-10-4-6-12-5-3-7-13(11-12)19-16(20)14-8-1-2-9-15(14)18/h1-3,5,7-9,11H,4,6,10H2,(H,19,20). The number of hydrogen-bond acceptors (Lipinski definition) is 1. The first-order chi connectivity index (χ1) is 9.70. The van der Waals surface area contributed by atoms with Gasteiger partial charge in [-0.05, 0) is 58.6 Å². The molecule has 0 aromatic heterocycles. The fourth-order valence-electron chi connectivity index (χ4n) is 1.92. The Kier molecular flexibility index (Phi) is 5.80. The van der Waals surface area contributed by atoms with E-state index in [-0.39, 0.29) is 5.91 Å². The molecule has 2 aromatic rings. The predicted octanol–water partition coefficient (Wildman–Crippen LogP) is 5.03. The molecule has 0 spiro atoms. The van der Waals surface area contributed by atoms with Crippen molar-refractivity contribution in [1.29, 1.82) is 0 Å². The normalized spacial score (nSPS) is 10.3. The largest absolute Gasteiger partial charge is 0.322 e. The zero-order valence-electron chi connectivity index (χ0n) is 10.9. The van der Waals surface area contributed by atoms with Crippen LogP contribution in [0.15, 0.2) is 53.0 Å². The van der Waals surface area contributed by atoms with Gasteiger partial charge in [-0.2, -0.15) is 0 Å². The molecule has 0 saturated heterocycles. The van der Waals surface area contributed by atoms with Crippen LogP contribution in [0.25, 0.3) is 0 Å². The van der Waals surface area contributed by atoms with Crippen LogP contribution in [0.5, 0.6) is 0 Å². The van der Waals surface area contributed by atoms with Gasteiger partial charge in [0.15, 0.2) is 0 Å². The smallest absolute Gasteiger partial charge is 0.256 e. The maximum absolute atomic E-state index is 12.2. The molecule has 2 nitrogen and oxygen atoms in total. The van der Waals surface area contributed by atoms with Crippen molar-refractivity contribution < 1.29 is 4.79 Å². The van der Waals surface area contributed by atoms with E-state index in [1.165, 1.54) is 5.56 Å². The number of nitrogens with one attached hydrogen (secondary N) is 1. The van der Waals surface area contributed by atoms with Gasteiger partial charge in [0.25, 0.3) is 5.91 Å². The third-order valence-corrected chi connectivity index (χ3v) is 4.15. The zero-order chi connectivity index (χ0) is 14.4.